The second kappa shape index (κ2) is 8.33. The molecule has 3 N–H and O–H groups in total. The average molecular weight is 415 g/mol. The Kier molecular flexibility index (Phi) is 6.09. The molecule has 0 bridgehead atoms. The number of rotatable bonds is 8. The predicted molar refractivity (Wildman–Crippen MR) is 97.2 cm³/mol. The van der Waals surface area contributed by atoms with Gasteiger partial charge in [-0.2, -0.15) is 0 Å². The first-order valence-corrected chi connectivity index (χ1v) is 10.6. The summed E-state index contributed by atoms with van der Waals surface area (Å²) in [6, 6.07) is 4.23. The fourth-order valence-corrected chi connectivity index (χ4v) is 4.47. The lowest BCUT2D eigenvalue weighted by Gasteiger charge is -2.05. The van der Waals surface area contributed by atoms with Crippen LogP contribution in [0.1, 0.15) is 24.1 Å². The Labute approximate surface area is 159 Å². The zero-order valence-corrected chi connectivity index (χ0v) is 16.0. The van der Waals surface area contributed by atoms with Gasteiger partial charge in [-0.05, 0) is 53.8 Å². The molecular formula is C15H18FN5O4S2. The van der Waals surface area contributed by atoms with Crippen molar-refractivity contribution in [2.24, 2.45) is 4.99 Å². The molecule has 1 aliphatic rings. The van der Waals surface area contributed by atoms with E-state index in [0.717, 1.165) is 0 Å². The van der Waals surface area contributed by atoms with E-state index in [4.69, 9.17) is 4.63 Å². The molecule has 2 aromatic rings. The number of nitrogens with zero attached hydrogens (tertiary/aromatic N) is 3. The normalized spacial score (nSPS) is 15.1. The molecule has 3 rings (SSSR count). The summed E-state index contributed by atoms with van der Waals surface area (Å²) in [5.41, 5.74) is 2.91. The molecular weight excluding hydrogens is 397 g/mol. The van der Waals surface area contributed by atoms with E-state index in [0.29, 0.717) is 34.9 Å². The number of hydrogen-bond acceptors (Lipinski definition) is 8. The lowest BCUT2D eigenvalue weighted by molar-refractivity contribution is 0.234. The van der Waals surface area contributed by atoms with Crippen molar-refractivity contribution < 1.29 is 22.6 Å². The maximum atomic E-state index is 13.4. The molecule has 0 saturated heterocycles. The van der Waals surface area contributed by atoms with Gasteiger partial charge in [-0.25, -0.2) is 27.2 Å². The minimum atomic E-state index is -3.24. The van der Waals surface area contributed by atoms with Crippen LogP contribution in [0.2, 0.25) is 0 Å². The van der Waals surface area contributed by atoms with Gasteiger partial charge in [0.15, 0.2) is 16.6 Å². The highest BCUT2D eigenvalue weighted by Crippen LogP contribution is 2.27. The molecule has 0 amide bonds. The van der Waals surface area contributed by atoms with E-state index in [9.17, 15) is 18.0 Å². The lowest BCUT2D eigenvalue weighted by atomic mass is 10.2. The van der Waals surface area contributed by atoms with Gasteiger partial charge in [0.05, 0.1) is 10.9 Å². The molecule has 1 aliphatic carbocycles. The molecule has 27 heavy (non-hydrogen) atoms. The Hall–Kier alpha value is -2.02. The number of aromatic nitrogens is 2. The van der Waals surface area contributed by atoms with Gasteiger partial charge in [0, 0.05) is 12.3 Å². The Morgan fingerprint density at radius 1 is 1.44 bits per heavy atom. The van der Waals surface area contributed by atoms with Gasteiger partial charge in [0.1, 0.15) is 5.82 Å². The van der Waals surface area contributed by atoms with Gasteiger partial charge in [-0.1, -0.05) is 11.8 Å². The molecule has 9 nitrogen and oxygen atoms in total. The second-order valence-corrected chi connectivity index (χ2v) is 9.04. The zero-order valence-electron chi connectivity index (χ0n) is 14.3. The summed E-state index contributed by atoms with van der Waals surface area (Å²) in [6.07, 6.45) is 1.40. The molecule has 12 heteroatoms. The Morgan fingerprint density at radius 3 is 2.89 bits per heavy atom. The summed E-state index contributed by atoms with van der Waals surface area (Å²) in [5, 5.41) is 16.9. The van der Waals surface area contributed by atoms with Crippen LogP contribution in [0.15, 0.2) is 32.8 Å². The average Bonchev–Trinajstić information content (AvgIpc) is 3.40. The minimum Gasteiger partial charge on any atom is -0.290 e. The molecule has 1 aromatic carbocycles. The summed E-state index contributed by atoms with van der Waals surface area (Å²) in [6.45, 7) is 1.83. The Balaban J connectivity index is 1.66. The molecule has 1 saturated carbocycles. The monoisotopic (exact) mass is 415 g/mol. The molecule has 1 aromatic heterocycles. The van der Waals surface area contributed by atoms with E-state index in [2.05, 4.69) is 20.0 Å². The number of aliphatic imine (C=N–C) groups is 1. The third-order valence-electron chi connectivity index (χ3n) is 3.78. The number of halogens is 1. The van der Waals surface area contributed by atoms with Crippen molar-refractivity contribution in [3.05, 3.63) is 35.3 Å². The molecule has 146 valence electrons. The van der Waals surface area contributed by atoms with Crippen LogP contribution >= 0.6 is 11.8 Å². The van der Waals surface area contributed by atoms with E-state index >= 15 is 0 Å². The van der Waals surface area contributed by atoms with Crippen LogP contribution in [0.25, 0.3) is 0 Å². The van der Waals surface area contributed by atoms with Crippen molar-refractivity contribution in [3.8, 4) is 0 Å². The van der Waals surface area contributed by atoms with Gasteiger partial charge < -0.3 is 0 Å². The summed E-state index contributed by atoms with van der Waals surface area (Å²) in [7, 11) is -3.24. The standard InChI is InChI=1S/C15H18FN5O4S2/c1-9-8-10(2-5-12(9)16)18-14(19-22)13-15(21-25-20-13)26-7-6-17-27(23,24)11-3-4-11/h2,5,8,11,17,22H,3-4,6-7H2,1H3,(H,18,19). The number of aryl methyl sites for hydroxylation is 1. The van der Waals surface area contributed by atoms with E-state index in [1.54, 1.807) is 6.92 Å². The van der Waals surface area contributed by atoms with Crippen LogP contribution in [-0.2, 0) is 10.0 Å². The number of hydroxylamine groups is 1. The third kappa shape index (κ3) is 5.03. The van der Waals surface area contributed by atoms with Gasteiger partial charge in [-0.15, -0.1) is 0 Å². The maximum Gasteiger partial charge on any atom is 0.214 e. The largest absolute Gasteiger partial charge is 0.290 e. The van der Waals surface area contributed by atoms with E-state index in [1.807, 2.05) is 5.48 Å². The van der Waals surface area contributed by atoms with Crippen LogP contribution in [-0.4, -0.2) is 47.3 Å². The lowest BCUT2D eigenvalue weighted by Crippen LogP contribution is -2.29. The highest BCUT2D eigenvalue weighted by Gasteiger charge is 2.35. The van der Waals surface area contributed by atoms with Crippen molar-refractivity contribution in [1.82, 2.24) is 20.5 Å². The van der Waals surface area contributed by atoms with Crippen LogP contribution in [0.4, 0.5) is 10.1 Å². The molecule has 0 unspecified atom stereocenters. The predicted octanol–water partition coefficient (Wildman–Crippen LogP) is 1.75. The SMILES string of the molecule is Cc1cc(N=C(NO)c2nonc2SCCNS(=O)(=O)C2CC2)ccc1F. The quantitative estimate of drug-likeness (QED) is 0.195. The van der Waals surface area contributed by atoms with Gasteiger partial charge in [0.2, 0.25) is 10.0 Å². The number of nitrogens with one attached hydrogen (secondary N) is 2. The highest BCUT2D eigenvalue weighted by molar-refractivity contribution is 7.99. The smallest absolute Gasteiger partial charge is 0.214 e. The molecule has 0 spiro atoms. The van der Waals surface area contributed by atoms with E-state index in [1.165, 1.54) is 30.0 Å². The fraction of sp³-hybridized carbons (Fsp3) is 0.400. The van der Waals surface area contributed by atoms with Crippen LogP contribution in [0, 0.1) is 12.7 Å². The zero-order chi connectivity index (χ0) is 19.4. The van der Waals surface area contributed by atoms with Crippen LogP contribution in [0.5, 0.6) is 0 Å². The number of thioether (sulfide) groups is 1. The van der Waals surface area contributed by atoms with Crippen molar-refractivity contribution in [2.75, 3.05) is 12.3 Å². The summed E-state index contributed by atoms with van der Waals surface area (Å²) >= 11 is 1.20. The topological polar surface area (TPSA) is 130 Å². The second-order valence-electron chi connectivity index (χ2n) is 5.91. The number of benzene rings is 1. The van der Waals surface area contributed by atoms with Gasteiger partial charge in [0.25, 0.3) is 0 Å². The fourth-order valence-electron chi connectivity index (χ4n) is 2.21. The molecule has 0 aliphatic heterocycles. The molecule has 1 fully saturated rings. The van der Waals surface area contributed by atoms with E-state index < -0.39 is 10.0 Å². The third-order valence-corrected chi connectivity index (χ3v) is 6.68. The van der Waals surface area contributed by atoms with Gasteiger partial charge in [-0.3, -0.25) is 10.7 Å². The van der Waals surface area contributed by atoms with Gasteiger partial charge >= 0.3 is 0 Å². The van der Waals surface area contributed by atoms with Crippen molar-refractivity contribution in [2.45, 2.75) is 30.0 Å². The first-order valence-electron chi connectivity index (χ1n) is 8.10. The summed E-state index contributed by atoms with van der Waals surface area (Å²) in [4.78, 5) is 4.18. The van der Waals surface area contributed by atoms with Crippen molar-refractivity contribution in [3.63, 3.8) is 0 Å². The molecule has 0 radical (unpaired) electrons. The minimum absolute atomic E-state index is 0.0247. The maximum absolute atomic E-state index is 13.4. The van der Waals surface area contributed by atoms with E-state index in [-0.39, 0.29) is 29.1 Å². The first kappa shape index (κ1) is 19.7. The van der Waals surface area contributed by atoms with Crippen molar-refractivity contribution in [1.29, 1.82) is 0 Å². The number of sulfonamides is 1. The molecule has 0 atom stereocenters. The number of hydrogen-bond donors (Lipinski definition) is 3. The van der Waals surface area contributed by atoms with Crippen LogP contribution in [0.3, 0.4) is 0 Å². The Morgan fingerprint density at radius 2 is 2.22 bits per heavy atom. The molecule has 1 heterocycles. The van der Waals surface area contributed by atoms with Crippen molar-refractivity contribution >= 4 is 33.3 Å². The number of amidine groups is 1. The summed E-state index contributed by atoms with van der Waals surface area (Å²) in [5.74, 6) is 0.00501. The summed E-state index contributed by atoms with van der Waals surface area (Å²) < 4.78 is 44.2. The first-order chi connectivity index (χ1) is 12.9. The Bertz CT molecular complexity index is 943. The highest BCUT2D eigenvalue weighted by atomic mass is 32.2. The van der Waals surface area contributed by atoms with Crippen LogP contribution < -0.4 is 10.2 Å².